The maximum atomic E-state index is 14.1. The number of nitrogens with zero attached hydrogens (tertiary/aromatic N) is 1. The molecule has 322 valence electrons. The molecule has 5 atom stereocenters. The first kappa shape index (κ1) is 44.6. The Labute approximate surface area is 366 Å². The summed E-state index contributed by atoms with van der Waals surface area (Å²) in [6.07, 6.45) is 11.5. The van der Waals surface area contributed by atoms with Crippen molar-refractivity contribution in [2.24, 2.45) is 27.8 Å². The van der Waals surface area contributed by atoms with E-state index in [-0.39, 0.29) is 59.9 Å². The van der Waals surface area contributed by atoms with Crippen molar-refractivity contribution in [1.29, 1.82) is 0 Å². The first-order valence-electron chi connectivity index (χ1n) is 21.3. The summed E-state index contributed by atoms with van der Waals surface area (Å²) in [5, 5.41) is 57.7. The Morgan fingerprint density at radius 1 is 0.984 bits per heavy atom. The van der Waals surface area contributed by atoms with Gasteiger partial charge in [-0.25, -0.2) is 0 Å². The van der Waals surface area contributed by atoms with Crippen molar-refractivity contribution >= 4 is 33.1 Å². The Balaban J connectivity index is 1.26. The van der Waals surface area contributed by atoms with Crippen molar-refractivity contribution in [1.82, 2.24) is 0 Å². The Bertz CT molecular complexity index is 2290. The van der Waals surface area contributed by atoms with Crippen molar-refractivity contribution in [3.8, 4) is 29.1 Å². The number of fused-ring (bicyclic) bond motifs is 9. The second kappa shape index (κ2) is 20.1. The lowest BCUT2D eigenvalue weighted by Gasteiger charge is -2.28. The summed E-state index contributed by atoms with van der Waals surface area (Å²) in [6.45, 7) is 2.02. The van der Waals surface area contributed by atoms with Crippen LogP contribution in [0.1, 0.15) is 116 Å². The monoisotopic (exact) mass is 862 g/mol. The predicted molar refractivity (Wildman–Crippen MR) is 242 cm³/mol. The third-order valence-electron chi connectivity index (χ3n) is 12.4. The van der Waals surface area contributed by atoms with E-state index >= 15 is 0 Å². The van der Waals surface area contributed by atoms with Gasteiger partial charge < -0.3 is 41.7 Å². The quantitative estimate of drug-likeness (QED) is 0.0638. The zero-order valence-corrected chi connectivity index (χ0v) is 36.3. The number of phenols is 2. The van der Waals surface area contributed by atoms with E-state index in [0.29, 0.717) is 71.8 Å². The summed E-state index contributed by atoms with van der Waals surface area (Å²) in [7, 11) is 3.33. The summed E-state index contributed by atoms with van der Waals surface area (Å²) in [4.78, 5) is 17.8. The van der Waals surface area contributed by atoms with Gasteiger partial charge in [-0.05, 0) is 127 Å². The molecule has 1 saturated carbocycles. The number of ether oxygens (including phenoxy) is 1. The third-order valence-corrected chi connectivity index (χ3v) is 14.8. The second-order valence-corrected chi connectivity index (χ2v) is 19.5. The molecule has 2 aliphatic carbocycles. The summed E-state index contributed by atoms with van der Waals surface area (Å²) in [5.74, 6) is 7.50. The van der Waals surface area contributed by atoms with Crippen molar-refractivity contribution in [2.75, 3.05) is 12.4 Å². The Morgan fingerprint density at radius 3 is 2.59 bits per heavy atom. The highest BCUT2D eigenvalue weighted by molar-refractivity contribution is 8.76. The fraction of sp³-hybridized carbons (Fsp3) is 0.429. The molecule has 3 aromatic carbocycles. The lowest BCUT2D eigenvalue weighted by Crippen LogP contribution is -2.23. The van der Waals surface area contributed by atoms with Crippen LogP contribution in [-0.2, 0) is 23.4 Å². The molecule has 0 aromatic heterocycles. The molecule has 0 spiro atoms. The standard InChI is InChI=1S/C49H57N3O7S2/c1-30(53)5-2-3-17-49-18-14-36(54)11-8-31-10-13-44(56)47(22-31)59-20-16-32-9-12-43(55)41(21-32)40-25-45(57)37-15-19-52-42(37)7-4-6-33-23-39(48(50)51)34(24-38(33)40)28-60-61-29-35(26-49)46(58)27-49/h9-10,12-15,18-19,21-24,30,35,40,46,48,53,55-58H,2-3,5,7-8,11,16-17,20,25-29,50-51H2,1H3/p-1/b18-14+,45-37?/t30-,35-,40+,46-,49+/m0/s1. The second-order valence-electron chi connectivity index (χ2n) is 17.0. The Kier molecular flexibility index (Phi) is 14.7. The minimum atomic E-state index is -0.792. The average molecular weight is 863 g/mol. The molecule has 7 rings (SSSR count). The van der Waals surface area contributed by atoms with Crippen LogP contribution in [0.5, 0.6) is 17.2 Å². The number of hydrogen-bond acceptors (Lipinski definition) is 12. The van der Waals surface area contributed by atoms with E-state index in [4.69, 9.17) is 16.2 Å². The smallest absolute Gasteiger partial charge is 0.161 e. The number of benzene rings is 3. The Hall–Kier alpha value is -4.48. The van der Waals surface area contributed by atoms with Gasteiger partial charge in [0.05, 0.1) is 37.1 Å². The van der Waals surface area contributed by atoms with E-state index < -0.39 is 18.2 Å². The van der Waals surface area contributed by atoms with Crippen LogP contribution in [-0.4, -0.2) is 56.5 Å². The fourth-order valence-electron chi connectivity index (χ4n) is 9.02. The number of carbonyl (C=O) groups is 1. The molecule has 0 radical (unpaired) electrons. The highest BCUT2D eigenvalue weighted by Gasteiger charge is 2.42. The molecule has 8 N–H and O–H groups in total. The summed E-state index contributed by atoms with van der Waals surface area (Å²) < 4.78 is 6.11. The molecule has 1 fully saturated rings. The van der Waals surface area contributed by atoms with E-state index in [1.165, 1.54) is 0 Å². The van der Waals surface area contributed by atoms with Crippen molar-refractivity contribution in [2.45, 2.75) is 108 Å². The van der Waals surface area contributed by atoms with Gasteiger partial charge in [0, 0.05) is 47.6 Å². The van der Waals surface area contributed by atoms with Crippen LogP contribution in [0.2, 0.25) is 0 Å². The Morgan fingerprint density at radius 2 is 1.79 bits per heavy atom. The van der Waals surface area contributed by atoms with Gasteiger partial charge in [-0.3, -0.25) is 9.79 Å². The number of aliphatic imine (C=N–C) groups is 1. The van der Waals surface area contributed by atoms with Crippen molar-refractivity contribution in [3.05, 3.63) is 123 Å². The molecule has 12 heteroatoms. The summed E-state index contributed by atoms with van der Waals surface area (Å²) in [5.41, 5.74) is 19.0. The number of unbranched alkanes of at least 4 members (excludes halogenated alkanes) is 1. The van der Waals surface area contributed by atoms with Gasteiger partial charge in [-0.2, -0.15) is 0 Å². The number of aliphatic hydroxyl groups excluding tert-OH is 2. The molecule has 0 unspecified atom stereocenters. The molecule has 61 heavy (non-hydrogen) atoms. The number of aliphatic hydroxyl groups is 2. The largest absolute Gasteiger partial charge is 0.875 e. The van der Waals surface area contributed by atoms with Crippen molar-refractivity contribution in [3.63, 3.8) is 0 Å². The van der Waals surface area contributed by atoms with Gasteiger partial charge >= 0.3 is 0 Å². The molecule has 8 bridgehead atoms. The number of aromatic hydroxyl groups is 2. The zero-order valence-electron chi connectivity index (χ0n) is 34.6. The van der Waals surface area contributed by atoms with Crippen LogP contribution in [0.3, 0.4) is 0 Å². The van der Waals surface area contributed by atoms with Gasteiger partial charge in [0.2, 0.25) is 0 Å². The number of carbonyl (C=O) groups excluding carboxylic acids is 1. The van der Waals surface area contributed by atoms with E-state index in [9.17, 15) is 30.3 Å². The van der Waals surface area contributed by atoms with Crippen LogP contribution in [0.4, 0.5) is 0 Å². The lowest BCUT2D eigenvalue weighted by atomic mass is 9.79. The number of ketones is 1. The molecule has 0 amide bonds. The number of aryl methyl sites for hydroxylation is 1. The number of allylic oxidation sites excluding steroid dienone is 5. The van der Waals surface area contributed by atoms with Crippen LogP contribution < -0.4 is 21.3 Å². The summed E-state index contributed by atoms with van der Waals surface area (Å²) in [6, 6.07) is 14.5. The van der Waals surface area contributed by atoms with Crippen LogP contribution in [0.15, 0.2) is 89.3 Å². The van der Waals surface area contributed by atoms with Gasteiger partial charge in [0.1, 0.15) is 5.75 Å². The fourth-order valence-corrected chi connectivity index (χ4v) is 11.5. The average Bonchev–Trinajstić information content (AvgIpc) is 3.83. The maximum Gasteiger partial charge on any atom is 0.161 e. The van der Waals surface area contributed by atoms with Crippen molar-refractivity contribution < 1.29 is 35.1 Å². The number of phenolic OH excluding ortho intramolecular Hbond substituents is 2. The topological polar surface area (TPSA) is 195 Å². The SMILES string of the molecule is C[C@H](O)CCCC[C@@]12/C=C/C(=O)CCc3ccc(O)c(c3)OCCc3ccc(O)c(c3)[C@@H]3CC([O-])=C4C=CN=C4CC#Cc4cc(C(N)N)c(cc43)CSSC[C@H](C1)[C@@H](O)C2. The van der Waals surface area contributed by atoms with Crippen LogP contribution in [0.25, 0.3) is 0 Å². The summed E-state index contributed by atoms with van der Waals surface area (Å²) >= 11 is 0. The predicted octanol–water partition coefficient (Wildman–Crippen LogP) is 7.15. The molecule has 0 saturated heterocycles. The first-order chi connectivity index (χ1) is 29.4. The van der Waals surface area contributed by atoms with Gasteiger partial charge in [-0.15, -0.1) is 5.76 Å². The normalized spacial score (nSPS) is 24.4. The van der Waals surface area contributed by atoms with Gasteiger partial charge in [0.25, 0.3) is 0 Å². The molecule has 4 aliphatic rings. The van der Waals surface area contributed by atoms with Gasteiger partial charge in [-0.1, -0.05) is 76.6 Å². The highest BCUT2D eigenvalue weighted by Crippen LogP contribution is 2.49. The zero-order chi connectivity index (χ0) is 43.1. The van der Waals surface area contributed by atoms with Gasteiger partial charge in [0.15, 0.2) is 17.3 Å². The molecular formula is C49H56N3O7S2-. The van der Waals surface area contributed by atoms with Crippen LogP contribution >= 0.6 is 21.6 Å². The minimum Gasteiger partial charge on any atom is -0.875 e. The molecule has 2 aliphatic heterocycles. The molecule has 10 nitrogen and oxygen atoms in total. The first-order valence-corrected chi connectivity index (χ1v) is 23.8. The highest BCUT2D eigenvalue weighted by atomic mass is 33.1. The van der Waals surface area contributed by atoms with E-state index in [0.717, 1.165) is 53.5 Å². The molecule has 3 aromatic rings. The molecular weight excluding hydrogens is 807 g/mol. The van der Waals surface area contributed by atoms with E-state index in [1.54, 1.807) is 71.1 Å². The van der Waals surface area contributed by atoms with E-state index in [2.05, 4.69) is 16.8 Å². The number of nitrogens with two attached hydrogens (primary N) is 2. The van der Waals surface area contributed by atoms with E-state index in [1.807, 2.05) is 30.3 Å². The minimum absolute atomic E-state index is 0.00537. The number of rotatable bonds is 6. The van der Waals surface area contributed by atoms with Crippen LogP contribution in [0, 0.1) is 23.2 Å². The maximum absolute atomic E-state index is 14.1. The molecule has 2 heterocycles. The lowest BCUT2D eigenvalue weighted by molar-refractivity contribution is -0.307. The third kappa shape index (κ3) is 11.1. The number of hydrogen-bond donors (Lipinski definition) is 6.